The van der Waals surface area contributed by atoms with Crippen LogP contribution in [0.3, 0.4) is 0 Å². The third-order valence-corrected chi connectivity index (χ3v) is 4.68. The lowest BCUT2D eigenvalue weighted by Gasteiger charge is -2.22. The first kappa shape index (κ1) is 17.0. The third-order valence-electron chi connectivity index (χ3n) is 4.15. The van der Waals surface area contributed by atoms with Crippen molar-refractivity contribution in [3.05, 3.63) is 34.3 Å². The van der Waals surface area contributed by atoms with Gasteiger partial charge in [-0.25, -0.2) is 0 Å². The van der Waals surface area contributed by atoms with E-state index in [0.29, 0.717) is 24.0 Å². The zero-order chi connectivity index (χ0) is 15.2. The molecule has 3 unspecified atom stereocenters. The SMILES string of the molecule is CC(C)CNCC(CC1CCC(C)O1)c1ccc(Br)cc1. The van der Waals surface area contributed by atoms with Crippen LogP contribution in [-0.2, 0) is 4.74 Å². The van der Waals surface area contributed by atoms with Crippen LogP contribution in [0.5, 0.6) is 0 Å². The maximum absolute atomic E-state index is 6.03. The predicted octanol–water partition coefficient (Wildman–Crippen LogP) is 4.74. The molecule has 3 heteroatoms. The van der Waals surface area contributed by atoms with Crippen molar-refractivity contribution in [1.82, 2.24) is 5.32 Å². The minimum atomic E-state index is 0.425. The first-order valence-corrected chi connectivity index (χ1v) is 8.95. The normalized spacial score (nSPS) is 23.7. The van der Waals surface area contributed by atoms with Gasteiger partial charge < -0.3 is 10.1 Å². The summed E-state index contributed by atoms with van der Waals surface area (Å²) < 4.78 is 7.17. The predicted molar refractivity (Wildman–Crippen MR) is 92.8 cm³/mol. The molecule has 0 aromatic heterocycles. The van der Waals surface area contributed by atoms with Crippen LogP contribution in [0.15, 0.2) is 28.7 Å². The highest BCUT2D eigenvalue weighted by atomic mass is 79.9. The average Bonchev–Trinajstić information content (AvgIpc) is 2.84. The molecule has 1 aromatic carbocycles. The van der Waals surface area contributed by atoms with Crippen LogP contribution in [0.4, 0.5) is 0 Å². The van der Waals surface area contributed by atoms with Gasteiger partial charge in [-0.15, -0.1) is 0 Å². The van der Waals surface area contributed by atoms with E-state index in [1.165, 1.54) is 18.4 Å². The lowest BCUT2D eigenvalue weighted by atomic mass is 9.92. The molecule has 2 nitrogen and oxygen atoms in total. The Bertz CT molecular complexity index is 418. The molecule has 3 atom stereocenters. The lowest BCUT2D eigenvalue weighted by Crippen LogP contribution is -2.27. The van der Waals surface area contributed by atoms with Crippen molar-refractivity contribution in [3.8, 4) is 0 Å². The van der Waals surface area contributed by atoms with Gasteiger partial charge in [-0.2, -0.15) is 0 Å². The van der Waals surface area contributed by atoms with E-state index in [1.54, 1.807) is 0 Å². The molecule has 21 heavy (non-hydrogen) atoms. The van der Waals surface area contributed by atoms with Crippen molar-refractivity contribution in [3.63, 3.8) is 0 Å². The van der Waals surface area contributed by atoms with Crippen LogP contribution in [0.25, 0.3) is 0 Å². The maximum Gasteiger partial charge on any atom is 0.0586 e. The summed E-state index contributed by atoms with van der Waals surface area (Å²) in [7, 11) is 0. The van der Waals surface area contributed by atoms with Crippen molar-refractivity contribution < 1.29 is 4.74 Å². The average molecular weight is 354 g/mol. The van der Waals surface area contributed by atoms with E-state index in [4.69, 9.17) is 4.74 Å². The molecule has 1 saturated heterocycles. The quantitative estimate of drug-likeness (QED) is 0.764. The van der Waals surface area contributed by atoms with Gasteiger partial charge in [0.1, 0.15) is 0 Å². The fourth-order valence-electron chi connectivity index (χ4n) is 2.99. The lowest BCUT2D eigenvalue weighted by molar-refractivity contribution is 0.0465. The smallest absolute Gasteiger partial charge is 0.0586 e. The fraction of sp³-hybridized carbons (Fsp3) is 0.667. The van der Waals surface area contributed by atoms with Crippen LogP contribution in [0, 0.1) is 5.92 Å². The molecular formula is C18H28BrNO. The van der Waals surface area contributed by atoms with E-state index < -0.39 is 0 Å². The van der Waals surface area contributed by atoms with E-state index in [1.807, 2.05) is 0 Å². The first-order valence-electron chi connectivity index (χ1n) is 8.16. The van der Waals surface area contributed by atoms with E-state index in [0.717, 1.165) is 24.0 Å². The summed E-state index contributed by atoms with van der Waals surface area (Å²) in [6.45, 7) is 8.81. The van der Waals surface area contributed by atoms with Gasteiger partial charge in [0, 0.05) is 11.0 Å². The number of rotatable bonds is 7. The van der Waals surface area contributed by atoms with Gasteiger partial charge in [0.15, 0.2) is 0 Å². The molecule has 0 saturated carbocycles. The van der Waals surface area contributed by atoms with Gasteiger partial charge in [0.25, 0.3) is 0 Å². The Morgan fingerprint density at radius 1 is 1.19 bits per heavy atom. The Labute approximate surface area is 137 Å². The monoisotopic (exact) mass is 353 g/mol. The first-order chi connectivity index (χ1) is 10.0. The Morgan fingerprint density at radius 3 is 2.48 bits per heavy atom. The number of nitrogens with one attached hydrogen (secondary N) is 1. The van der Waals surface area contributed by atoms with Crippen molar-refractivity contribution >= 4 is 15.9 Å². The second kappa shape index (κ2) is 8.30. The number of halogens is 1. The molecule has 1 heterocycles. The number of benzene rings is 1. The summed E-state index contributed by atoms with van der Waals surface area (Å²) in [5.41, 5.74) is 1.41. The Kier molecular flexibility index (Phi) is 6.72. The number of hydrogen-bond acceptors (Lipinski definition) is 2. The molecule has 0 radical (unpaired) electrons. The largest absolute Gasteiger partial charge is 0.375 e. The molecule has 0 amide bonds. The topological polar surface area (TPSA) is 21.3 Å². The Morgan fingerprint density at radius 2 is 1.90 bits per heavy atom. The zero-order valence-electron chi connectivity index (χ0n) is 13.4. The van der Waals surface area contributed by atoms with Gasteiger partial charge in [-0.3, -0.25) is 0 Å². The molecule has 0 spiro atoms. The van der Waals surface area contributed by atoms with Gasteiger partial charge in [-0.05, 0) is 62.3 Å². The van der Waals surface area contributed by atoms with Crippen LogP contribution in [-0.4, -0.2) is 25.3 Å². The highest BCUT2D eigenvalue weighted by molar-refractivity contribution is 9.10. The van der Waals surface area contributed by atoms with Crippen LogP contribution < -0.4 is 5.32 Å². The number of hydrogen-bond donors (Lipinski definition) is 1. The van der Waals surface area contributed by atoms with E-state index in [2.05, 4.69) is 66.3 Å². The van der Waals surface area contributed by atoms with Crippen molar-refractivity contribution in [2.75, 3.05) is 13.1 Å². The molecule has 0 aliphatic carbocycles. The molecule has 2 rings (SSSR count). The maximum atomic E-state index is 6.03. The van der Waals surface area contributed by atoms with Gasteiger partial charge in [0.2, 0.25) is 0 Å². The molecule has 1 aliphatic rings. The van der Waals surface area contributed by atoms with Crippen molar-refractivity contribution in [2.24, 2.45) is 5.92 Å². The number of ether oxygens (including phenoxy) is 1. The Balaban J connectivity index is 1.97. The van der Waals surface area contributed by atoms with Crippen molar-refractivity contribution in [2.45, 2.75) is 58.2 Å². The third kappa shape index (κ3) is 5.72. The molecule has 1 aromatic rings. The minimum absolute atomic E-state index is 0.425. The van der Waals surface area contributed by atoms with Gasteiger partial charge >= 0.3 is 0 Å². The summed E-state index contributed by atoms with van der Waals surface area (Å²) >= 11 is 3.52. The highest BCUT2D eigenvalue weighted by Gasteiger charge is 2.25. The van der Waals surface area contributed by atoms with Crippen LogP contribution in [0.2, 0.25) is 0 Å². The van der Waals surface area contributed by atoms with E-state index in [9.17, 15) is 0 Å². The minimum Gasteiger partial charge on any atom is -0.375 e. The fourth-order valence-corrected chi connectivity index (χ4v) is 3.26. The van der Waals surface area contributed by atoms with Crippen molar-refractivity contribution in [1.29, 1.82) is 0 Å². The highest BCUT2D eigenvalue weighted by Crippen LogP contribution is 2.29. The Hall–Kier alpha value is -0.380. The van der Waals surface area contributed by atoms with E-state index >= 15 is 0 Å². The molecule has 1 fully saturated rings. The summed E-state index contributed by atoms with van der Waals surface area (Å²) in [4.78, 5) is 0. The standard InChI is InChI=1S/C18H28BrNO/c1-13(2)11-20-12-16(10-18-9-4-14(3)21-18)15-5-7-17(19)8-6-15/h5-8,13-14,16,18,20H,4,9-12H2,1-3H3. The summed E-state index contributed by atoms with van der Waals surface area (Å²) in [5.74, 6) is 1.23. The second-order valence-corrected chi connectivity index (χ2v) is 7.60. The zero-order valence-corrected chi connectivity index (χ0v) is 15.0. The van der Waals surface area contributed by atoms with Crippen LogP contribution in [0.1, 0.15) is 51.5 Å². The van der Waals surface area contributed by atoms with Gasteiger partial charge in [-0.1, -0.05) is 41.9 Å². The molecule has 118 valence electrons. The molecule has 1 N–H and O–H groups in total. The van der Waals surface area contributed by atoms with E-state index in [-0.39, 0.29) is 0 Å². The second-order valence-electron chi connectivity index (χ2n) is 6.68. The molecule has 1 aliphatic heterocycles. The van der Waals surface area contributed by atoms with Gasteiger partial charge in [0.05, 0.1) is 12.2 Å². The summed E-state index contributed by atoms with van der Waals surface area (Å²) in [6, 6.07) is 8.76. The molecular weight excluding hydrogens is 326 g/mol. The molecule has 0 bridgehead atoms. The van der Waals surface area contributed by atoms with Crippen LogP contribution >= 0.6 is 15.9 Å². The summed E-state index contributed by atoms with van der Waals surface area (Å²) in [5, 5.41) is 3.62. The summed E-state index contributed by atoms with van der Waals surface area (Å²) in [6.07, 6.45) is 4.39.